The minimum Gasteiger partial charge on any atom is -0.495 e. The van der Waals surface area contributed by atoms with Gasteiger partial charge in [0, 0.05) is 5.02 Å². The Morgan fingerprint density at radius 3 is 2.50 bits per heavy atom. The maximum absolute atomic E-state index is 12.9. The minimum absolute atomic E-state index is 0.00581. The summed E-state index contributed by atoms with van der Waals surface area (Å²) >= 11 is 6.00. The van der Waals surface area contributed by atoms with Crippen LogP contribution in [0, 0.1) is 35.5 Å². The summed E-state index contributed by atoms with van der Waals surface area (Å²) < 4.78 is 5.25. The number of benzene rings is 1. The number of carbonyl (C=O) groups is 2. The predicted molar refractivity (Wildman–Crippen MR) is 89.0 cm³/mol. The molecule has 0 unspecified atom stereocenters. The van der Waals surface area contributed by atoms with Crippen molar-refractivity contribution >= 4 is 29.2 Å². The minimum atomic E-state index is -0.891. The van der Waals surface area contributed by atoms with E-state index in [1.807, 2.05) is 12.2 Å². The Balaban J connectivity index is 1.63. The number of aliphatic carboxylic acids is 1. The highest BCUT2D eigenvalue weighted by Crippen LogP contribution is 2.63. The molecule has 2 N–H and O–H groups in total. The third-order valence-corrected chi connectivity index (χ3v) is 5.89. The predicted octanol–water partition coefficient (Wildman–Crippen LogP) is 3.06. The third-order valence-electron chi connectivity index (χ3n) is 5.66. The standard InChI is InChI=1S/C18H18ClNO4/c1-24-14-5-2-8(19)6-13(14)20-17(21)15-9-3-4-10(12-7-11(9)12)16(15)18(22)23/h2-6,9-12,15-16H,7H2,1H3,(H,20,21)(H,22,23)/t9-,10+,11+,12+,15+,16-/m0/s1. The SMILES string of the molecule is COc1ccc(Cl)cc1NC(=O)[C@@H]1[C@H]2C=C[C@H]([C@H]3C[C@H]23)[C@@H]1C(=O)O. The lowest BCUT2D eigenvalue weighted by atomic mass is 9.62. The molecule has 1 amide bonds. The quantitative estimate of drug-likeness (QED) is 0.821. The molecule has 4 aliphatic carbocycles. The van der Waals surface area contributed by atoms with Crippen LogP contribution in [0.2, 0.25) is 5.02 Å². The number of fused-ring (bicyclic) bond motifs is 1. The summed E-state index contributed by atoms with van der Waals surface area (Å²) in [6.45, 7) is 0. The molecule has 2 saturated carbocycles. The number of methoxy groups -OCH3 is 1. The zero-order valence-electron chi connectivity index (χ0n) is 13.1. The van der Waals surface area contributed by atoms with Crippen LogP contribution in [0.4, 0.5) is 5.69 Å². The fourth-order valence-corrected chi connectivity index (χ4v) is 4.74. The second-order valence-electron chi connectivity index (χ2n) is 6.83. The molecule has 5 rings (SSSR count). The van der Waals surface area contributed by atoms with Gasteiger partial charge in [-0.25, -0.2) is 0 Å². The topological polar surface area (TPSA) is 75.6 Å². The number of carboxylic acid groups (broad SMARTS) is 1. The molecule has 2 bridgehead atoms. The van der Waals surface area contributed by atoms with E-state index >= 15 is 0 Å². The van der Waals surface area contributed by atoms with Gasteiger partial charge in [0.1, 0.15) is 5.75 Å². The van der Waals surface area contributed by atoms with Crippen LogP contribution in [0.3, 0.4) is 0 Å². The van der Waals surface area contributed by atoms with E-state index < -0.39 is 17.8 Å². The smallest absolute Gasteiger partial charge is 0.307 e. The molecular formula is C18H18ClNO4. The molecular weight excluding hydrogens is 330 g/mol. The first-order valence-corrected chi connectivity index (χ1v) is 8.44. The average molecular weight is 348 g/mol. The van der Waals surface area contributed by atoms with Crippen LogP contribution in [-0.2, 0) is 9.59 Å². The zero-order chi connectivity index (χ0) is 17.0. The second kappa shape index (κ2) is 5.52. The van der Waals surface area contributed by atoms with Gasteiger partial charge in [0.05, 0.1) is 24.6 Å². The molecule has 2 fully saturated rings. The number of carboxylic acids is 1. The Hall–Kier alpha value is -2.01. The number of hydrogen-bond donors (Lipinski definition) is 2. The van der Waals surface area contributed by atoms with Crippen LogP contribution in [0.5, 0.6) is 5.75 Å². The highest BCUT2D eigenvalue weighted by Gasteiger charge is 2.63. The molecule has 4 aliphatic rings. The van der Waals surface area contributed by atoms with E-state index in [0.29, 0.717) is 28.3 Å². The van der Waals surface area contributed by atoms with E-state index in [2.05, 4.69) is 5.32 Å². The van der Waals surface area contributed by atoms with Crippen molar-refractivity contribution in [1.29, 1.82) is 0 Å². The van der Waals surface area contributed by atoms with Gasteiger partial charge in [-0.15, -0.1) is 0 Å². The summed E-state index contributed by atoms with van der Waals surface area (Å²) in [4.78, 5) is 24.7. The fraction of sp³-hybridized carbons (Fsp3) is 0.444. The van der Waals surface area contributed by atoms with Crippen molar-refractivity contribution in [3.63, 3.8) is 0 Å². The van der Waals surface area contributed by atoms with Crippen molar-refractivity contribution in [3.8, 4) is 5.75 Å². The van der Waals surface area contributed by atoms with E-state index in [0.717, 1.165) is 6.42 Å². The highest BCUT2D eigenvalue weighted by atomic mass is 35.5. The summed E-state index contributed by atoms with van der Waals surface area (Å²) in [5.41, 5.74) is 0.469. The fourth-order valence-electron chi connectivity index (χ4n) is 4.56. The van der Waals surface area contributed by atoms with Crippen LogP contribution in [0.1, 0.15) is 6.42 Å². The van der Waals surface area contributed by atoms with Crippen molar-refractivity contribution < 1.29 is 19.4 Å². The number of nitrogens with one attached hydrogen (secondary N) is 1. The van der Waals surface area contributed by atoms with E-state index in [1.54, 1.807) is 18.2 Å². The van der Waals surface area contributed by atoms with Gasteiger partial charge in [0.25, 0.3) is 0 Å². The maximum Gasteiger partial charge on any atom is 0.307 e. The van der Waals surface area contributed by atoms with Gasteiger partial charge < -0.3 is 15.2 Å². The van der Waals surface area contributed by atoms with Gasteiger partial charge >= 0.3 is 5.97 Å². The number of ether oxygens (including phenoxy) is 1. The number of halogens is 1. The van der Waals surface area contributed by atoms with E-state index in [1.165, 1.54) is 7.11 Å². The van der Waals surface area contributed by atoms with E-state index in [-0.39, 0.29) is 17.7 Å². The van der Waals surface area contributed by atoms with Crippen LogP contribution in [0.15, 0.2) is 30.4 Å². The molecule has 1 aromatic rings. The Labute approximate surface area is 144 Å². The summed E-state index contributed by atoms with van der Waals surface area (Å²) in [7, 11) is 1.51. The number of amides is 1. The lowest BCUT2D eigenvalue weighted by Crippen LogP contribution is -2.48. The van der Waals surface area contributed by atoms with Crippen LogP contribution >= 0.6 is 11.6 Å². The first-order valence-electron chi connectivity index (χ1n) is 8.07. The van der Waals surface area contributed by atoms with Crippen LogP contribution in [0.25, 0.3) is 0 Å². The van der Waals surface area contributed by atoms with E-state index in [4.69, 9.17) is 16.3 Å². The summed E-state index contributed by atoms with van der Waals surface area (Å²) in [6, 6.07) is 4.97. The zero-order valence-corrected chi connectivity index (χ0v) is 13.9. The first kappa shape index (κ1) is 15.5. The molecule has 0 aromatic heterocycles. The third kappa shape index (κ3) is 2.30. The number of allylic oxidation sites excluding steroid dienone is 2. The van der Waals surface area contributed by atoms with Gasteiger partial charge in [-0.1, -0.05) is 23.8 Å². The Morgan fingerprint density at radius 2 is 1.88 bits per heavy atom. The van der Waals surface area contributed by atoms with Crippen LogP contribution in [-0.4, -0.2) is 24.1 Å². The molecule has 24 heavy (non-hydrogen) atoms. The average Bonchev–Trinajstić information content (AvgIpc) is 3.36. The van der Waals surface area contributed by atoms with Crippen LogP contribution < -0.4 is 10.1 Å². The van der Waals surface area contributed by atoms with Crippen molar-refractivity contribution in [2.45, 2.75) is 6.42 Å². The number of anilines is 1. The van der Waals surface area contributed by atoms with Crippen molar-refractivity contribution in [2.75, 3.05) is 12.4 Å². The van der Waals surface area contributed by atoms with Gasteiger partial charge in [0.15, 0.2) is 0 Å². The first-order chi connectivity index (χ1) is 11.5. The molecule has 1 aromatic carbocycles. The normalized spacial score (nSPS) is 35.2. The highest BCUT2D eigenvalue weighted by molar-refractivity contribution is 6.31. The van der Waals surface area contributed by atoms with Gasteiger partial charge in [-0.2, -0.15) is 0 Å². The Bertz CT molecular complexity index is 747. The number of carbonyl (C=O) groups excluding carboxylic acids is 1. The van der Waals surface area contributed by atoms with Crippen molar-refractivity contribution in [3.05, 3.63) is 35.4 Å². The lowest BCUT2D eigenvalue weighted by Gasteiger charge is -2.41. The summed E-state index contributed by atoms with van der Waals surface area (Å²) in [6.07, 6.45) is 5.06. The molecule has 0 saturated heterocycles. The molecule has 6 heteroatoms. The van der Waals surface area contributed by atoms with Gasteiger partial charge in [-0.05, 0) is 48.3 Å². The molecule has 5 nitrogen and oxygen atoms in total. The Kier molecular flexibility index (Phi) is 3.57. The molecule has 0 heterocycles. The molecule has 0 aliphatic heterocycles. The second-order valence-corrected chi connectivity index (χ2v) is 7.26. The summed E-state index contributed by atoms with van der Waals surface area (Å²) in [5, 5.41) is 13.0. The lowest BCUT2D eigenvalue weighted by molar-refractivity contribution is -0.152. The molecule has 0 spiro atoms. The number of rotatable bonds is 4. The van der Waals surface area contributed by atoms with E-state index in [9.17, 15) is 14.7 Å². The maximum atomic E-state index is 12.9. The largest absolute Gasteiger partial charge is 0.495 e. The molecule has 126 valence electrons. The molecule has 6 atom stereocenters. The number of hydrogen-bond acceptors (Lipinski definition) is 3. The molecule has 0 radical (unpaired) electrons. The monoisotopic (exact) mass is 347 g/mol. The van der Waals surface area contributed by atoms with Gasteiger partial charge in [-0.3, -0.25) is 9.59 Å². The Morgan fingerprint density at radius 1 is 1.21 bits per heavy atom. The van der Waals surface area contributed by atoms with Crippen molar-refractivity contribution in [1.82, 2.24) is 0 Å². The van der Waals surface area contributed by atoms with Crippen molar-refractivity contribution in [2.24, 2.45) is 35.5 Å². The van der Waals surface area contributed by atoms with Gasteiger partial charge in [0.2, 0.25) is 5.91 Å². The summed E-state index contributed by atoms with van der Waals surface area (Å²) in [5.74, 6) is -1.01.